The predicted octanol–water partition coefficient (Wildman–Crippen LogP) is 1.02. The van der Waals surface area contributed by atoms with Gasteiger partial charge in [0.25, 0.3) is 0 Å². The van der Waals surface area contributed by atoms with Gasteiger partial charge in [0, 0.05) is 31.5 Å². The number of benzene rings is 1. The third kappa shape index (κ3) is 3.80. The summed E-state index contributed by atoms with van der Waals surface area (Å²) in [6, 6.07) is 11.8. The molecule has 26 heavy (non-hydrogen) atoms. The maximum Gasteiger partial charge on any atom is 0.220 e. The van der Waals surface area contributed by atoms with Gasteiger partial charge in [-0.15, -0.1) is 0 Å². The summed E-state index contributed by atoms with van der Waals surface area (Å²) in [5.74, 6) is 1.25. The Hall–Kier alpha value is -3.00. The van der Waals surface area contributed by atoms with Gasteiger partial charge in [-0.25, -0.2) is 4.98 Å². The number of H-pyrrole nitrogens is 1. The first-order valence-electron chi connectivity index (χ1n) is 8.77. The van der Waals surface area contributed by atoms with E-state index in [9.17, 15) is 4.79 Å². The number of nitrogens with one attached hydrogen (secondary N) is 3. The monoisotopic (exact) mass is 351 g/mol. The summed E-state index contributed by atoms with van der Waals surface area (Å²) in [5, 5.41) is 17.8. The molecule has 3 N–H and O–H groups in total. The molecular formula is C18H21N7O. The van der Waals surface area contributed by atoms with Gasteiger partial charge in [0.15, 0.2) is 5.82 Å². The maximum atomic E-state index is 12.1. The number of aromatic amines is 1. The Morgan fingerprint density at radius 2 is 2.15 bits per heavy atom. The fourth-order valence-corrected chi connectivity index (χ4v) is 2.98. The molecule has 4 rings (SSSR count). The van der Waals surface area contributed by atoms with E-state index in [1.807, 2.05) is 35.0 Å². The van der Waals surface area contributed by atoms with Crippen molar-refractivity contribution in [2.45, 2.75) is 32.5 Å². The molecule has 0 saturated carbocycles. The fraction of sp³-hybridized carbons (Fsp3) is 0.333. The van der Waals surface area contributed by atoms with Crippen LogP contribution in [0.25, 0.3) is 11.4 Å². The molecule has 0 aliphatic carbocycles. The molecule has 0 radical (unpaired) electrons. The fourth-order valence-electron chi connectivity index (χ4n) is 2.98. The van der Waals surface area contributed by atoms with Crippen LogP contribution in [0.3, 0.4) is 0 Å². The molecule has 0 fully saturated rings. The minimum absolute atomic E-state index is 0.0215. The molecule has 0 unspecified atom stereocenters. The molecule has 1 amide bonds. The van der Waals surface area contributed by atoms with E-state index in [1.165, 1.54) is 5.69 Å². The number of hydrogen-bond acceptors (Lipinski definition) is 5. The average molecular weight is 351 g/mol. The van der Waals surface area contributed by atoms with Gasteiger partial charge in [-0.05, 0) is 6.07 Å². The van der Waals surface area contributed by atoms with Crippen molar-refractivity contribution in [3.05, 3.63) is 53.6 Å². The SMILES string of the molecule is O=C(CCc1cc2n(n1)CCNC2)NCc1nc(-c2ccccc2)n[nH]1. The third-order valence-electron chi connectivity index (χ3n) is 4.35. The van der Waals surface area contributed by atoms with E-state index >= 15 is 0 Å². The van der Waals surface area contributed by atoms with Crippen molar-refractivity contribution in [2.75, 3.05) is 6.54 Å². The summed E-state index contributed by atoms with van der Waals surface area (Å²) in [4.78, 5) is 16.5. The van der Waals surface area contributed by atoms with Gasteiger partial charge in [-0.1, -0.05) is 30.3 Å². The van der Waals surface area contributed by atoms with Crippen molar-refractivity contribution in [3.8, 4) is 11.4 Å². The van der Waals surface area contributed by atoms with E-state index < -0.39 is 0 Å². The molecule has 8 heteroatoms. The average Bonchev–Trinajstić information content (AvgIpc) is 3.32. The Morgan fingerprint density at radius 1 is 1.27 bits per heavy atom. The number of amides is 1. The molecule has 0 saturated heterocycles. The predicted molar refractivity (Wildman–Crippen MR) is 95.9 cm³/mol. The second-order valence-electron chi connectivity index (χ2n) is 6.28. The van der Waals surface area contributed by atoms with Crippen LogP contribution in [-0.4, -0.2) is 37.4 Å². The topological polar surface area (TPSA) is 101 Å². The lowest BCUT2D eigenvalue weighted by atomic mass is 10.2. The molecule has 8 nitrogen and oxygen atoms in total. The van der Waals surface area contributed by atoms with E-state index in [-0.39, 0.29) is 5.91 Å². The van der Waals surface area contributed by atoms with Crippen molar-refractivity contribution in [1.29, 1.82) is 0 Å². The van der Waals surface area contributed by atoms with Crippen molar-refractivity contribution >= 4 is 5.91 Å². The lowest BCUT2D eigenvalue weighted by Gasteiger charge is -2.13. The standard InChI is InChI=1S/C18H21N7O/c26-17(7-6-14-10-15-11-19-8-9-25(15)24-14)20-12-16-21-18(23-22-16)13-4-2-1-3-5-13/h1-5,10,19H,6-9,11-12H2,(H,20,26)(H,21,22,23). The number of hydrogen-bond donors (Lipinski definition) is 3. The Morgan fingerprint density at radius 3 is 3.00 bits per heavy atom. The number of aryl methyl sites for hydroxylation is 1. The highest BCUT2D eigenvalue weighted by Gasteiger charge is 2.13. The number of aromatic nitrogens is 5. The number of carbonyl (C=O) groups excluding carboxylic acids is 1. The molecule has 1 aliphatic rings. The van der Waals surface area contributed by atoms with Crippen LogP contribution in [0.4, 0.5) is 0 Å². The van der Waals surface area contributed by atoms with E-state index in [1.54, 1.807) is 0 Å². The lowest BCUT2D eigenvalue weighted by molar-refractivity contribution is -0.121. The zero-order valence-corrected chi connectivity index (χ0v) is 14.4. The van der Waals surface area contributed by atoms with Crippen molar-refractivity contribution in [3.63, 3.8) is 0 Å². The summed E-state index contributed by atoms with van der Waals surface area (Å²) >= 11 is 0. The number of fused-ring (bicyclic) bond motifs is 1. The first kappa shape index (κ1) is 16.5. The van der Waals surface area contributed by atoms with E-state index in [4.69, 9.17) is 0 Å². The second-order valence-corrected chi connectivity index (χ2v) is 6.28. The third-order valence-corrected chi connectivity index (χ3v) is 4.35. The molecular weight excluding hydrogens is 330 g/mol. The number of nitrogens with zero attached hydrogens (tertiary/aromatic N) is 4. The van der Waals surface area contributed by atoms with Crippen LogP contribution in [-0.2, 0) is 30.8 Å². The van der Waals surface area contributed by atoms with Gasteiger partial charge in [0.2, 0.25) is 5.91 Å². The Bertz CT molecular complexity index is 861. The number of rotatable bonds is 6. The highest BCUT2D eigenvalue weighted by molar-refractivity contribution is 5.76. The summed E-state index contributed by atoms with van der Waals surface area (Å²) < 4.78 is 2.02. The molecule has 0 spiro atoms. The highest BCUT2D eigenvalue weighted by Crippen LogP contribution is 2.13. The van der Waals surface area contributed by atoms with Gasteiger partial charge in [0.1, 0.15) is 5.82 Å². The summed E-state index contributed by atoms with van der Waals surface area (Å²) in [6.45, 7) is 3.00. The molecule has 3 heterocycles. The molecule has 1 aromatic carbocycles. The van der Waals surface area contributed by atoms with Crippen LogP contribution >= 0.6 is 0 Å². The van der Waals surface area contributed by atoms with Crippen molar-refractivity contribution < 1.29 is 4.79 Å². The maximum absolute atomic E-state index is 12.1. The zero-order valence-electron chi connectivity index (χ0n) is 14.4. The molecule has 2 aromatic heterocycles. The molecule has 3 aromatic rings. The Kier molecular flexibility index (Phi) is 4.74. The minimum atomic E-state index is -0.0215. The minimum Gasteiger partial charge on any atom is -0.349 e. The number of carbonyl (C=O) groups is 1. The van der Waals surface area contributed by atoms with Gasteiger partial charge < -0.3 is 10.6 Å². The van der Waals surface area contributed by atoms with Gasteiger partial charge in [-0.2, -0.15) is 10.2 Å². The van der Waals surface area contributed by atoms with Crippen LogP contribution in [0.15, 0.2) is 36.4 Å². The van der Waals surface area contributed by atoms with Crippen LogP contribution in [0.1, 0.15) is 23.6 Å². The van der Waals surface area contributed by atoms with Crippen molar-refractivity contribution in [2.24, 2.45) is 0 Å². The highest BCUT2D eigenvalue weighted by atomic mass is 16.1. The Labute approximate surface area is 151 Å². The quantitative estimate of drug-likeness (QED) is 0.616. The van der Waals surface area contributed by atoms with E-state index in [0.717, 1.165) is 30.9 Å². The second kappa shape index (κ2) is 7.49. The molecule has 0 atom stereocenters. The molecule has 0 bridgehead atoms. The zero-order chi connectivity index (χ0) is 17.8. The smallest absolute Gasteiger partial charge is 0.220 e. The summed E-state index contributed by atoms with van der Waals surface area (Å²) in [6.07, 6.45) is 1.04. The molecule has 134 valence electrons. The van der Waals surface area contributed by atoms with Crippen molar-refractivity contribution in [1.82, 2.24) is 35.6 Å². The van der Waals surface area contributed by atoms with Crippen LogP contribution in [0.5, 0.6) is 0 Å². The van der Waals surface area contributed by atoms with Gasteiger partial charge >= 0.3 is 0 Å². The summed E-state index contributed by atoms with van der Waals surface area (Å²) in [7, 11) is 0. The van der Waals surface area contributed by atoms with Gasteiger partial charge in [-0.3, -0.25) is 14.6 Å². The Balaban J connectivity index is 1.26. The molecule has 1 aliphatic heterocycles. The first-order chi connectivity index (χ1) is 12.8. The summed E-state index contributed by atoms with van der Waals surface area (Å²) in [5.41, 5.74) is 3.09. The van der Waals surface area contributed by atoms with Crippen LogP contribution in [0, 0.1) is 0 Å². The van der Waals surface area contributed by atoms with Gasteiger partial charge in [0.05, 0.1) is 24.5 Å². The van der Waals surface area contributed by atoms with Crippen LogP contribution in [0.2, 0.25) is 0 Å². The van der Waals surface area contributed by atoms with E-state index in [0.29, 0.717) is 31.0 Å². The first-order valence-corrected chi connectivity index (χ1v) is 8.77. The normalized spacial score (nSPS) is 13.4. The van der Waals surface area contributed by atoms with E-state index in [2.05, 4.69) is 37.0 Å². The van der Waals surface area contributed by atoms with Crippen LogP contribution < -0.4 is 10.6 Å². The largest absolute Gasteiger partial charge is 0.349 e. The lowest BCUT2D eigenvalue weighted by Crippen LogP contribution is -2.28.